The topological polar surface area (TPSA) is 14.1 Å². The Hall–Kier alpha value is -0.613. The Morgan fingerprint density at radius 2 is 1.67 bits per heavy atom. The van der Waals surface area contributed by atoms with Crippen LogP contribution < -0.4 is 5.32 Å². The van der Waals surface area contributed by atoms with Crippen molar-refractivity contribution in [3.8, 4) is 0 Å². The minimum Gasteiger partial charge on any atom is -0.283 e. The Morgan fingerprint density at radius 1 is 1.20 bits per heavy atom. The summed E-state index contributed by atoms with van der Waals surface area (Å²) in [5.41, 5.74) is -0.207. The first-order valence-corrected chi connectivity index (χ1v) is 8.70. The molecule has 0 aliphatic carbocycles. The molecule has 0 bridgehead atoms. The van der Waals surface area contributed by atoms with E-state index in [1.807, 2.05) is 0 Å². The molecule has 1 radical (unpaired) electrons. The maximum atomic E-state index is 13.3. The lowest BCUT2D eigenvalue weighted by atomic mass is 10.3. The van der Waals surface area contributed by atoms with Crippen molar-refractivity contribution in [1.82, 2.24) is 5.32 Å². The molecular formula is C10H13ClF2NSi. The number of nitrogens with zero attached hydrogens (tertiary/aromatic N) is 1. The van der Waals surface area contributed by atoms with Gasteiger partial charge in [0.15, 0.2) is 11.6 Å². The van der Waals surface area contributed by atoms with E-state index >= 15 is 0 Å². The third-order valence-corrected chi connectivity index (χ3v) is 3.02. The zero-order chi connectivity index (χ0) is 11.6. The molecule has 0 N–H and O–H groups in total. The summed E-state index contributed by atoms with van der Waals surface area (Å²) in [6.07, 6.45) is 0.502. The molecule has 1 aromatic rings. The molecule has 0 spiro atoms. The van der Waals surface area contributed by atoms with Crippen molar-refractivity contribution < 1.29 is 8.78 Å². The molecule has 0 aromatic heterocycles. The Labute approximate surface area is 94.5 Å². The first kappa shape index (κ1) is 12.5. The maximum absolute atomic E-state index is 13.3. The van der Waals surface area contributed by atoms with Crippen molar-refractivity contribution in [1.29, 1.82) is 0 Å². The van der Waals surface area contributed by atoms with E-state index in [0.29, 0.717) is 6.17 Å². The molecule has 0 aliphatic rings. The predicted molar refractivity (Wildman–Crippen MR) is 61.4 cm³/mol. The van der Waals surface area contributed by atoms with Gasteiger partial charge in [-0.15, -0.1) is 0 Å². The Balaban J connectivity index is 2.86. The monoisotopic (exact) mass is 248 g/mol. The van der Waals surface area contributed by atoms with Crippen LogP contribution in [0.5, 0.6) is 0 Å². The lowest BCUT2D eigenvalue weighted by molar-refractivity contribution is 0.574. The van der Waals surface area contributed by atoms with Crippen LogP contribution in [0.1, 0.15) is 0 Å². The lowest BCUT2D eigenvalue weighted by Crippen LogP contribution is -2.31. The Morgan fingerprint density at radius 3 is 2.07 bits per heavy atom. The SMILES string of the molecule is C[Si](C)(C)C[N]c1c(F)cc(Cl)cc1F. The van der Waals surface area contributed by atoms with E-state index in [0.717, 1.165) is 12.1 Å². The Bertz CT molecular complexity index is 340. The number of hydrogen-bond acceptors (Lipinski definition) is 0. The lowest BCUT2D eigenvalue weighted by Gasteiger charge is -2.15. The molecule has 83 valence electrons. The van der Waals surface area contributed by atoms with E-state index < -0.39 is 19.7 Å². The highest BCUT2D eigenvalue weighted by Crippen LogP contribution is 2.23. The highest BCUT2D eigenvalue weighted by Gasteiger charge is 2.17. The van der Waals surface area contributed by atoms with Gasteiger partial charge in [0, 0.05) is 11.2 Å². The van der Waals surface area contributed by atoms with E-state index in [2.05, 4.69) is 25.0 Å². The van der Waals surface area contributed by atoms with Crippen molar-refractivity contribution >= 4 is 25.4 Å². The molecule has 0 saturated heterocycles. The maximum Gasteiger partial charge on any atom is 0.152 e. The third kappa shape index (κ3) is 3.79. The molecule has 0 aliphatic heterocycles. The average Bonchev–Trinajstić information content (AvgIpc) is 1.99. The number of rotatable bonds is 3. The largest absolute Gasteiger partial charge is 0.283 e. The van der Waals surface area contributed by atoms with Gasteiger partial charge in [-0.25, -0.2) is 8.78 Å². The van der Waals surface area contributed by atoms with Crippen molar-refractivity contribution in [3.05, 3.63) is 28.8 Å². The Kier molecular flexibility index (Phi) is 3.73. The number of halogens is 3. The van der Waals surface area contributed by atoms with Crippen LogP contribution in [0.25, 0.3) is 0 Å². The minimum absolute atomic E-state index is 0.0527. The predicted octanol–water partition coefficient (Wildman–Crippen LogP) is 3.73. The summed E-state index contributed by atoms with van der Waals surface area (Å²) in [4.78, 5) is 0. The molecule has 0 unspecified atom stereocenters. The summed E-state index contributed by atoms with van der Waals surface area (Å²) in [5.74, 6) is -1.39. The fourth-order valence-corrected chi connectivity index (χ4v) is 1.83. The molecule has 1 nitrogen and oxygen atoms in total. The van der Waals surface area contributed by atoms with Gasteiger partial charge in [-0.05, 0) is 12.1 Å². The second-order valence-corrected chi connectivity index (χ2v) is 10.5. The van der Waals surface area contributed by atoms with Crippen LogP contribution in [0.15, 0.2) is 12.1 Å². The highest BCUT2D eigenvalue weighted by molar-refractivity contribution is 6.76. The van der Waals surface area contributed by atoms with Crippen LogP contribution in [0.3, 0.4) is 0 Å². The van der Waals surface area contributed by atoms with Crippen LogP contribution in [-0.4, -0.2) is 14.2 Å². The summed E-state index contributed by atoms with van der Waals surface area (Å²) in [6, 6.07) is 2.15. The van der Waals surface area contributed by atoms with Gasteiger partial charge >= 0.3 is 0 Å². The first-order valence-electron chi connectivity index (χ1n) is 4.62. The zero-order valence-electron chi connectivity index (χ0n) is 8.94. The van der Waals surface area contributed by atoms with E-state index in [9.17, 15) is 8.78 Å². The first-order chi connectivity index (χ1) is 6.79. The minimum atomic E-state index is -1.43. The van der Waals surface area contributed by atoms with E-state index in [1.165, 1.54) is 0 Å². The van der Waals surface area contributed by atoms with Crippen LogP contribution in [0.4, 0.5) is 14.5 Å². The molecule has 1 aromatic carbocycles. The molecule has 1 rings (SSSR count). The number of hydrogen-bond donors (Lipinski definition) is 0. The van der Waals surface area contributed by atoms with Crippen molar-refractivity contribution in [2.45, 2.75) is 19.6 Å². The average molecular weight is 249 g/mol. The van der Waals surface area contributed by atoms with Crippen LogP contribution in [-0.2, 0) is 0 Å². The summed E-state index contributed by atoms with van der Waals surface area (Å²) in [5, 5.41) is 4.02. The third-order valence-electron chi connectivity index (χ3n) is 1.69. The molecule has 0 saturated carbocycles. The quantitative estimate of drug-likeness (QED) is 0.724. The zero-order valence-corrected chi connectivity index (χ0v) is 10.7. The van der Waals surface area contributed by atoms with Crippen LogP contribution in [0, 0.1) is 11.6 Å². The van der Waals surface area contributed by atoms with Gasteiger partial charge in [0.05, 0.1) is 8.07 Å². The second-order valence-electron chi connectivity index (χ2n) is 4.59. The standard InChI is InChI=1S/C10H13ClF2NSi/c1-15(2,3)6-14-10-8(12)4-7(11)5-9(10)13/h4-5H,6H2,1-3H3. The summed E-state index contributed by atoms with van der Waals surface area (Å²) >= 11 is 5.50. The molecular weight excluding hydrogens is 236 g/mol. The van der Waals surface area contributed by atoms with Gasteiger partial charge in [0.25, 0.3) is 0 Å². The van der Waals surface area contributed by atoms with Crippen molar-refractivity contribution in [2.75, 3.05) is 6.17 Å². The smallest absolute Gasteiger partial charge is 0.152 e. The molecule has 0 amide bonds. The molecule has 5 heteroatoms. The van der Waals surface area contributed by atoms with Crippen LogP contribution >= 0.6 is 11.6 Å². The highest BCUT2D eigenvalue weighted by atomic mass is 35.5. The molecule has 0 fully saturated rings. The van der Waals surface area contributed by atoms with Gasteiger partial charge in [-0.2, -0.15) is 0 Å². The van der Waals surface area contributed by atoms with Gasteiger partial charge in [-0.1, -0.05) is 31.2 Å². The van der Waals surface area contributed by atoms with E-state index in [4.69, 9.17) is 11.6 Å². The normalized spacial score (nSPS) is 11.6. The summed E-state index contributed by atoms with van der Waals surface area (Å²) in [7, 11) is -1.43. The molecule has 0 heterocycles. The van der Waals surface area contributed by atoms with Crippen molar-refractivity contribution in [2.24, 2.45) is 0 Å². The summed E-state index contributed by atoms with van der Waals surface area (Å²) in [6.45, 7) is 6.26. The van der Waals surface area contributed by atoms with E-state index in [-0.39, 0.29) is 10.7 Å². The summed E-state index contributed by atoms with van der Waals surface area (Å²) < 4.78 is 26.6. The van der Waals surface area contributed by atoms with E-state index in [1.54, 1.807) is 0 Å². The number of benzene rings is 1. The van der Waals surface area contributed by atoms with Crippen molar-refractivity contribution in [3.63, 3.8) is 0 Å². The molecule has 0 atom stereocenters. The van der Waals surface area contributed by atoms with Gasteiger partial charge in [0.1, 0.15) is 5.69 Å². The fourth-order valence-electron chi connectivity index (χ4n) is 1.00. The second kappa shape index (κ2) is 4.49. The van der Waals surface area contributed by atoms with Gasteiger partial charge in [0.2, 0.25) is 0 Å². The van der Waals surface area contributed by atoms with Crippen LogP contribution in [0.2, 0.25) is 24.7 Å². The van der Waals surface area contributed by atoms with Gasteiger partial charge < -0.3 is 0 Å². The van der Waals surface area contributed by atoms with Gasteiger partial charge in [-0.3, -0.25) is 5.32 Å². The molecule has 15 heavy (non-hydrogen) atoms. The fraction of sp³-hybridized carbons (Fsp3) is 0.400.